The van der Waals surface area contributed by atoms with Gasteiger partial charge in [-0.2, -0.15) is 0 Å². The van der Waals surface area contributed by atoms with Crippen LogP contribution in [0.25, 0.3) is 0 Å². The summed E-state index contributed by atoms with van der Waals surface area (Å²) in [4.78, 5) is 26.4. The predicted octanol–water partition coefficient (Wildman–Crippen LogP) is 1.65. The Hall–Kier alpha value is -2.70. The van der Waals surface area contributed by atoms with E-state index >= 15 is 0 Å². The van der Waals surface area contributed by atoms with Crippen molar-refractivity contribution in [3.8, 4) is 0 Å². The molecule has 0 spiro atoms. The Labute approximate surface area is 164 Å². The third kappa shape index (κ3) is 4.40. The number of amides is 2. The third-order valence-electron chi connectivity index (χ3n) is 5.38. The molecule has 0 aliphatic carbocycles. The molecule has 3 N–H and O–H groups in total. The lowest BCUT2D eigenvalue weighted by Crippen LogP contribution is -2.38. The minimum absolute atomic E-state index is 0.00598. The van der Waals surface area contributed by atoms with E-state index in [1.165, 1.54) is 0 Å². The van der Waals surface area contributed by atoms with E-state index in [4.69, 9.17) is 0 Å². The van der Waals surface area contributed by atoms with Gasteiger partial charge in [0.05, 0.1) is 25.0 Å². The second-order valence-electron chi connectivity index (χ2n) is 7.63. The first-order valence-electron chi connectivity index (χ1n) is 9.73. The first-order valence-corrected chi connectivity index (χ1v) is 9.73. The number of carbonyl (C=O) groups excluding carboxylic acids is 2. The van der Waals surface area contributed by atoms with Gasteiger partial charge in [0.1, 0.15) is 0 Å². The lowest BCUT2D eigenvalue weighted by Gasteiger charge is -2.25. The van der Waals surface area contributed by atoms with Crippen LogP contribution in [0.5, 0.6) is 0 Å². The van der Waals surface area contributed by atoms with Gasteiger partial charge in [0.15, 0.2) is 0 Å². The van der Waals surface area contributed by atoms with Crippen LogP contribution < -0.4 is 10.6 Å². The van der Waals surface area contributed by atoms with Crippen molar-refractivity contribution < 1.29 is 14.7 Å². The van der Waals surface area contributed by atoms with Gasteiger partial charge in [-0.15, -0.1) is 0 Å². The van der Waals surface area contributed by atoms with Crippen LogP contribution in [0.3, 0.4) is 0 Å². The fourth-order valence-corrected chi connectivity index (χ4v) is 3.98. The van der Waals surface area contributed by atoms with Crippen molar-refractivity contribution in [1.82, 2.24) is 10.2 Å². The third-order valence-corrected chi connectivity index (χ3v) is 5.38. The van der Waals surface area contributed by atoms with Crippen molar-refractivity contribution in [2.45, 2.75) is 31.4 Å². The van der Waals surface area contributed by atoms with Crippen LogP contribution in [0.15, 0.2) is 48.5 Å². The molecule has 6 nitrogen and oxygen atoms in total. The molecule has 2 aromatic rings. The number of nitrogens with zero attached hydrogens (tertiary/aromatic N) is 1. The van der Waals surface area contributed by atoms with Crippen molar-refractivity contribution in [3.63, 3.8) is 0 Å². The van der Waals surface area contributed by atoms with E-state index in [2.05, 4.69) is 15.5 Å². The number of β-amino-alcohol motifs (C(OH)–C–C–N with tert-alkyl or cyclic N) is 1. The summed E-state index contributed by atoms with van der Waals surface area (Å²) in [7, 11) is 0. The van der Waals surface area contributed by atoms with Gasteiger partial charge in [0, 0.05) is 25.3 Å². The lowest BCUT2D eigenvalue weighted by molar-refractivity contribution is -0.121. The maximum absolute atomic E-state index is 12.7. The molecule has 2 atom stereocenters. The van der Waals surface area contributed by atoms with Crippen LogP contribution in [-0.2, 0) is 22.4 Å². The molecule has 146 valence electrons. The molecule has 4 rings (SSSR count). The number of rotatable bonds is 6. The standard InChI is InChI=1S/C22H25N3O3/c26-18-8-9-25(13-18)14-20(16-4-2-1-3-5-16)24-21(27)11-15-6-7-19-17(10-15)12-22(28)23-19/h1-7,10,18,20,26H,8-9,11-14H2,(H,23,28)(H,24,27)/t18?,20-/m1/s1. The average molecular weight is 379 g/mol. The number of nitrogens with one attached hydrogen (secondary N) is 2. The zero-order chi connectivity index (χ0) is 19.5. The van der Waals surface area contributed by atoms with E-state index in [-0.39, 0.29) is 30.4 Å². The maximum atomic E-state index is 12.7. The number of fused-ring (bicyclic) bond motifs is 1. The molecule has 0 bridgehead atoms. The first kappa shape index (κ1) is 18.7. The second kappa shape index (κ2) is 8.12. The summed E-state index contributed by atoms with van der Waals surface area (Å²) in [6.07, 6.45) is 1.13. The largest absolute Gasteiger partial charge is 0.392 e. The predicted molar refractivity (Wildman–Crippen MR) is 107 cm³/mol. The van der Waals surface area contributed by atoms with Crippen LogP contribution >= 0.6 is 0 Å². The van der Waals surface area contributed by atoms with Crippen molar-refractivity contribution in [1.29, 1.82) is 0 Å². The highest BCUT2D eigenvalue weighted by Crippen LogP contribution is 2.24. The van der Waals surface area contributed by atoms with E-state index in [9.17, 15) is 14.7 Å². The minimum atomic E-state index is -0.283. The van der Waals surface area contributed by atoms with Gasteiger partial charge in [-0.05, 0) is 29.2 Å². The summed E-state index contributed by atoms with van der Waals surface area (Å²) in [5.74, 6) is -0.0561. The number of aliphatic hydroxyl groups excluding tert-OH is 1. The van der Waals surface area contributed by atoms with Gasteiger partial charge in [0.25, 0.3) is 0 Å². The summed E-state index contributed by atoms with van der Waals surface area (Å²) in [6.45, 7) is 2.16. The van der Waals surface area contributed by atoms with Gasteiger partial charge in [0.2, 0.25) is 11.8 Å². The Morgan fingerprint density at radius 2 is 2.07 bits per heavy atom. The number of carbonyl (C=O) groups is 2. The quantitative estimate of drug-likeness (QED) is 0.713. The summed E-state index contributed by atoms with van der Waals surface area (Å²) in [6, 6.07) is 15.5. The molecule has 1 unspecified atom stereocenters. The Morgan fingerprint density at radius 1 is 1.25 bits per heavy atom. The van der Waals surface area contributed by atoms with Gasteiger partial charge in [-0.1, -0.05) is 42.5 Å². The second-order valence-corrected chi connectivity index (χ2v) is 7.63. The van der Waals surface area contributed by atoms with Gasteiger partial charge < -0.3 is 15.7 Å². The highest BCUT2D eigenvalue weighted by atomic mass is 16.3. The Bertz CT molecular complexity index is 869. The van der Waals surface area contributed by atoms with E-state index in [1.54, 1.807) is 0 Å². The fraction of sp³-hybridized carbons (Fsp3) is 0.364. The number of anilines is 1. The maximum Gasteiger partial charge on any atom is 0.228 e. The zero-order valence-electron chi connectivity index (χ0n) is 15.7. The van der Waals surface area contributed by atoms with E-state index in [1.807, 2.05) is 48.5 Å². The first-order chi connectivity index (χ1) is 13.6. The smallest absolute Gasteiger partial charge is 0.228 e. The van der Waals surface area contributed by atoms with E-state index in [0.717, 1.165) is 35.3 Å². The lowest BCUT2D eigenvalue weighted by atomic mass is 10.0. The van der Waals surface area contributed by atoms with Crippen molar-refractivity contribution >= 4 is 17.5 Å². The van der Waals surface area contributed by atoms with Crippen molar-refractivity contribution in [2.75, 3.05) is 25.0 Å². The molecule has 0 saturated carbocycles. The molecule has 0 aromatic heterocycles. The zero-order valence-corrected chi connectivity index (χ0v) is 15.7. The van der Waals surface area contributed by atoms with Gasteiger partial charge in [-0.3, -0.25) is 14.5 Å². The van der Waals surface area contributed by atoms with E-state index < -0.39 is 0 Å². The summed E-state index contributed by atoms with van der Waals surface area (Å²) < 4.78 is 0. The topological polar surface area (TPSA) is 81.7 Å². The minimum Gasteiger partial charge on any atom is -0.392 e. The van der Waals surface area contributed by atoms with Crippen molar-refractivity contribution in [3.05, 3.63) is 65.2 Å². The summed E-state index contributed by atoms with van der Waals surface area (Å²) in [5.41, 5.74) is 3.74. The molecule has 6 heteroatoms. The Kier molecular flexibility index (Phi) is 5.41. The Balaban J connectivity index is 1.43. The molecular weight excluding hydrogens is 354 g/mol. The molecule has 2 aliphatic rings. The van der Waals surface area contributed by atoms with Crippen LogP contribution in [0.4, 0.5) is 5.69 Å². The Morgan fingerprint density at radius 3 is 2.82 bits per heavy atom. The molecule has 1 saturated heterocycles. The molecular formula is C22H25N3O3. The van der Waals surface area contributed by atoms with Crippen molar-refractivity contribution in [2.24, 2.45) is 0 Å². The van der Waals surface area contributed by atoms with Crippen LogP contribution in [0, 0.1) is 0 Å². The normalized spacial score (nSPS) is 19.9. The van der Waals surface area contributed by atoms with Crippen LogP contribution in [0.1, 0.15) is 29.2 Å². The molecule has 2 aliphatic heterocycles. The molecule has 1 fully saturated rings. The molecule has 28 heavy (non-hydrogen) atoms. The summed E-state index contributed by atoms with van der Waals surface area (Å²) in [5, 5.41) is 15.8. The number of hydrogen-bond donors (Lipinski definition) is 3. The molecule has 2 amide bonds. The summed E-state index contributed by atoms with van der Waals surface area (Å²) >= 11 is 0. The molecule has 2 heterocycles. The highest BCUT2D eigenvalue weighted by Gasteiger charge is 2.25. The number of benzene rings is 2. The highest BCUT2D eigenvalue weighted by molar-refractivity contribution is 5.99. The fourth-order valence-electron chi connectivity index (χ4n) is 3.98. The molecule has 2 aromatic carbocycles. The van der Waals surface area contributed by atoms with E-state index in [0.29, 0.717) is 19.5 Å². The van der Waals surface area contributed by atoms with Gasteiger partial charge >= 0.3 is 0 Å². The SMILES string of the molecule is O=C1Cc2cc(CC(=O)N[C@H](CN3CCC(O)C3)c3ccccc3)ccc2N1. The number of hydrogen-bond acceptors (Lipinski definition) is 4. The monoisotopic (exact) mass is 379 g/mol. The number of aliphatic hydroxyl groups is 1. The van der Waals surface area contributed by atoms with Crippen LogP contribution in [-0.4, -0.2) is 47.6 Å². The van der Waals surface area contributed by atoms with Gasteiger partial charge in [-0.25, -0.2) is 0 Å². The number of likely N-dealkylation sites (tertiary alicyclic amines) is 1. The molecule has 0 radical (unpaired) electrons. The average Bonchev–Trinajstić information content (AvgIpc) is 3.25. The van der Waals surface area contributed by atoms with Crippen LogP contribution in [0.2, 0.25) is 0 Å².